The molecule has 34 heteroatoms. The summed E-state index contributed by atoms with van der Waals surface area (Å²) in [6.45, 7) is 19.3. The third kappa shape index (κ3) is 21.4. The summed E-state index contributed by atoms with van der Waals surface area (Å²) >= 11 is 6.42. The van der Waals surface area contributed by atoms with Crippen molar-refractivity contribution in [1.29, 1.82) is 0 Å². The molecular formula is C84H98Br2F2N22O8. The minimum Gasteiger partial charge on any atom is -0.444 e. The van der Waals surface area contributed by atoms with Crippen molar-refractivity contribution in [3.05, 3.63) is 173 Å². The summed E-state index contributed by atoms with van der Waals surface area (Å²) in [5.74, 6) is 9.97. The maximum Gasteiger partial charge on any atom is 0.410 e. The van der Waals surface area contributed by atoms with Gasteiger partial charge < -0.3 is 49.1 Å². The number of hydrogen-bond acceptors (Lipinski definition) is 20. The minimum absolute atomic E-state index is 0.0375. The van der Waals surface area contributed by atoms with Crippen LogP contribution in [-0.4, -0.2) is 247 Å². The van der Waals surface area contributed by atoms with Crippen LogP contribution < -0.4 is 10.2 Å². The first-order valence-electron chi connectivity index (χ1n) is 40.0. The monoisotopic (exact) mass is 1740 g/mol. The molecule has 18 heterocycles. The van der Waals surface area contributed by atoms with Crippen LogP contribution in [0.4, 0.5) is 24.2 Å². The van der Waals surface area contributed by atoms with E-state index in [9.17, 15) is 37.5 Å². The van der Waals surface area contributed by atoms with Crippen LogP contribution in [-0.2, 0) is 41.5 Å². The number of rotatable bonds is 11. The quantitative estimate of drug-likeness (QED) is 0.0929. The summed E-state index contributed by atoms with van der Waals surface area (Å²) in [6.07, 6.45) is 30.8. The van der Waals surface area contributed by atoms with Gasteiger partial charge in [-0.15, -0.1) is 12.3 Å². The summed E-state index contributed by atoms with van der Waals surface area (Å²) in [5, 5.41) is 19.8. The molecule has 8 fully saturated rings. The topological polar surface area (TPSA) is 302 Å². The van der Waals surface area contributed by atoms with Crippen molar-refractivity contribution in [2.75, 3.05) is 83.4 Å². The lowest BCUT2D eigenvalue weighted by molar-refractivity contribution is -0.134. The molecule has 8 aliphatic heterocycles. The number of aryl methyl sites for hydroxylation is 2. The van der Waals surface area contributed by atoms with Crippen LogP contribution >= 0.6 is 31.9 Å². The number of nitrogens with one attached hydrogen (secondary N) is 1. The number of amides is 6. The lowest BCUT2D eigenvalue weighted by atomic mass is 9.96. The molecule has 1 N–H and O–H groups in total. The number of ether oxygens (including phenoxy) is 2. The van der Waals surface area contributed by atoms with Gasteiger partial charge in [-0.2, -0.15) is 20.4 Å². The number of aromatic nitrogens is 14. The van der Waals surface area contributed by atoms with E-state index in [1.807, 2.05) is 122 Å². The van der Waals surface area contributed by atoms with Gasteiger partial charge in [0, 0.05) is 134 Å². The Morgan fingerprint density at radius 1 is 0.508 bits per heavy atom. The Morgan fingerprint density at radius 2 is 0.958 bits per heavy atom. The van der Waals surface area contributed by atoms with Crippen LogP contribution in [0.5, 0.6) is 0 Å². The number of pyridine rings is 6. The minimum atomic E-state index is -0.523. The number of anilines is 1. The standard InChI is InChI=1S/C21H23FN6O.C21H25N5O3.C16H21N5O.C15H22N2O3.C6H4BrN3.C5H3BrFN/c22-17-6-7-19(23-12-17)26-9-10-27-18(13-26)11-16(21(27)29)4-1-3-15-5-2-8-28-20(15)24-14-25-28;1-21(2,3)29-20(28)24-10-11-25-17(13-24)12-16(19(25)27)7-4-6-15-8-5-9-26-18(15)22-14-23-26;22-16-13(9-14-10-17-6-8-20(14)16)4-1-3-12-5-2-7-21-15(12)18-11-19-21;1-5-6-11-9-12-10-16(7-8-17(12)13(11)18)14(19)20-15(2,3)4;7-5-2-1-3-10-6(5)8-4-9-10;6-5-2-1-4(7)3-8-5/h2,5-8,12,14,16,18H,1,3-4,9-11,13H2;5,8-9,14,16-17H,7,10-13H2,1-3H3;2,5,7,11,13-14,17H,1,3-4,6,8-10H2;1,11-12H,6-10H2,2-4H3;1-4H;1-3H/t16-,18-;16-,17-;13-,14-;11-,12-;;/m0000../s1. The predicted molar refractivity (Wildman–Crippen MR) is 442 cm³/mol. The summed E-state index contributed by atoms with van der Waals surface area (Å²) < 4.78 is 44.6. The van der Waals surface area contributed by atoms with Gasteiger partial charge in [0.15, 0.2) is 22.6 Å². The van der Waals surface area contributed by atoms with E-state index in [2.05, 4.69) is 127 Å². The number of terminal acetylenes is 1. The first kappa shape index (κ1) is 84.8. The molecule has 10 aromatic rings. The molecule has 10 aromatic heterocycles. The highest BCUT2D eigenvalue weighted by atomic mass is 79.9. The number of carbonyl (C=O) groups is 6. The SMILES string of the molecule is Brc1cccn2ncnc12.C#CC[C@H]1C[C@H]2CN(C(=O)OC(C)(C)C)CCN2C1=O.CC(C)(C)OC(=O)N1CCN2C(=O)[C@@H](CC#Cc3cccn4ncnc34)C[C@H]2C1.Fc1ccc(Br)nc1.O=C1[C@@H](CCCc2cccn3ncnc23)C[C@H]2CN(c3ccc(F)cn3)CCN12.O=C1[C@@H](CCCc2cccn3ncnc23)C[C@H]2CNCCN12. The smallest absolute Gasteiger partial charge is 0.410 e. The summed E-state index contributed by atoms with van der Waals surface area (Å²) in [4.78, 5) is 113. The fraction of sp³-hybridized carbons (Fsp3) is 0.476. The number of piperazine rings is 4. The molecule has 8 atom stereocenters. The van der Waals surface area contributed by atoms with E-state index >= 15 is 0 Å². The van der Waals surface area contributed by atoms with E-state index in [0.29, 0.717) is 87.3 Å². The van der Waals surface area contributed by atoms with Crippen molar-refractivity contribution in [2.45, 2.75) is 154 Å². The summed E-state index contributed by atoms with van der Waals surface area (Å²) in [7, 11) is 0. The maximum absolute atomic E-state index is 13.1. The van der Waals surface area contributed by atoms with Gasteiger partial charge in [0.2, 0.25) is 23.6 Å². The van der Waals surface area contributed by atoms with E-state index in [-0.39, 0.29) is 83.3 Å². The molecule has 0 aromatic carbocycles. The summed E-state index contributed by atoms with van der Waals surface area (Å²) in [6, 6.07) is 22.6. The Kier molecular flexibility index (Phi) is 27.7. The van der Waals surface area contributed by atoms with Crippen molar-refractivity contribution in [3.63, 3.8) is 0 Å². The highest BCUT2D eigenvalue weighted by molar-refractivity contribution is 9.10. The molecule has 30 nitrogen and oxygen atoms in total. The van der Waals surface area contributed by atoms with Gasteiger partial charge >= 0.3 is 12.2 Å². The normalized spacial score (nSPS) is 21.3. The number of hydrogen-bond donors (Lipinski definition) is 1. The molecule has 0 aliphatic carbocycles. The van der Waals surface area contributed by atoms with E-state index in [1.54, 1.807) is 48.1 Å². The van der Waals surface area contributed by atoms with Crippen LogP contribution in [0.2, 0.25) is 0 Å². The van der Waals surface area contributed by atoms with Crippen LogP contribution in [0.15, 0.2) is 144 Å². The largest absolute Gasteiger partial charge is 0.444 e. The number of fused-ring (bicyclic) bond motifs is 8. The van der Waals surface area contributed by atoms with Crippen molar-refractivity contribution in [3.8, 4) is 24.2 Å². The Balaban J connectivity index is 0.000000128. The maximum atomic E-state index is 13.1. The van der Waals surface area contributed by atoms with E-state index in [0.717, 1.165) is 130 Å². The zero-order chi connectivity index (χ0) is 83.2. The predicted octanol–water partition coefficient (Wildman–Crippen LogP) is 10.1. The molecule has 0 saturated carbocycles. The van der Waals surface area contributed by atoms with Crippen molar-refractivity contribution in [1.82, 2.24) is 103 Å². The van der Waals surface area contributed by atoms with Crippen molar-refractivity contribution < 1.29 is 47.0 Å². The Labute approximate surface area is 700 Å². The van der Waals surface area contributed by atoms with Gasteiger partial charge in [0.05, 0.1) is 52.4 Å². The first-order chi connectivity index (χ1) is 56.8. The number of carbonyl (C=O) groups excluding carboxylic acids is 6. The first-order valence-corrected chi connectivity index (χ1v) is 41.6. The second-order valence-corrected chi connectivity index (χ2v) is 33.9. The fourth-order valence-electron chi connectivity index (χ4n) is 16.3. The van der Waals surface area contributed by atoms with Crippen molar-refractivity contribution in [2.24, 2.45) is 23.7 Å². The Bertz CT molecular complexity index is 5250. The number of nitrogens with zero attached hydrogens (tertiary/aromatic N) is 21. The molecule has 6 amide bonds. The van der Waals surface area contributed by atoms with E-state index in [4.69, 9.17) is 15.9 Å². The van der Waals surface area contributed by atoms with Crippen LogP contribution in [0.3, 0.4) is 0 Å². The van der Waals surface area contributed by atoms with Gasteiger partial charge in [-0.1, -0.05) is 24.0 Å². The Morgan fingerprint density at radius 3 is 1.46 bits per heavy atom. The molecule has 0 unspecified atom stereocenters. The third-order valence-corrected chi connectivity index (χ3v) is 22.9. The average Bonchev–Trinajstić information content (AvgIpc) is 1.65. The van der Waals surface area contributed by atoms with Gasteiger partial charge in [-0.05, 0) is 209 Å². The second kappa shape index (κ2) is 38.5. The van der Waals surface area contributed by atoms with Crippen molar-refractivity contribution >= 4 is 96.1 Å². The third-order valence-electron chi connectivity index (χ3n) is 21.8. The summed E-state index contributed by atoms with van der Waals surface area (Å²) in [5.41, 5.74) is 5.55. The lowest BCUT2D eigenvalue weighted by Crippen LogP contribution is -2.54. The van der Waals surface area contributed by atoms with Gasteiger partial charge in [0.1, 0.15) is 58.6 Å². The Hall–Kier alpha value is -11.1. The molecular weight excluding hydrogens is 1640 g/mol. The average molecular weight is 1740 g/mol. The molecule has 620 valence electrons. The molecule has 8 aliphatic rings. The second-order valence-electron chi connectivity index (χ2n) is 32.3. The van der Waals surface area contributed by atoms with Crippen LogP contribution in [0, 0.1) is 59.5 Å². The van der Waals surface area contributed by atoms with E-state index in [1.165, 1.54) is 42.1 Å². The van der Waals surface area contributed by atoms with Gasteiger partial charge in [0.25, 0.3) is 0 Å². The number of halogens is 4. The highest BCUT2D eigenvalue weighted by Crippen LogP contribution is 2.36. The molecule has 0 spiro atoms. The zero-order valence-electron chi connectivity index (χ0n) is 67.0. The van der Waals surface area contributed by atoms with Gasteiger partial charge in [-0.3, -0.25) is 19.2 Å². The molecule has 8 saturated heterocycles. The fourth-order valence-corrected chi connectivity index (χ4v) is 17.0. The molecule has 18 rings (SSSR count). The van der Waals surface area contributed by atoms with E-state index < -0.39 is 11.2 Å². The molecule has 0 radical (unpaired) electrons. The lowest BCUT2D eigenvalue weighted by Gasteiger charge is -2.38. The molecule has 118 heavy (non-hydrogen) atoms. The zero-order valence-corrected chi connectivity index (χ0v) is 70.2. The highest BCUT2D eigenvalue weighted by Gasteiger charge is 2.46. The van der Waals surface area contributed by atoms with Crippen LogP contribution in [0.1, 0.15) is 122 Å². The van der Waals surface area contributed by atoms with Gasteiger partial charge in [-0.25, -0.2) is 66.3 Å². The van der Waals surface area contributed by atoms with Crippen LogP contribution in [0.25, 0.3) is 22.6 Å². The molecule has 0 bridgehead atoms.